The molecule has 0 radical (unpaired) electrons. The molecule has 0 bridgehead atoms. The minimum absolute atomic E-state index is 0.119. The molecule has 0 aliphatic rings. The van der Waals surface area contributed by atoms with Gasteiger partial charge in [-0.25, -0.2) is 0 Å². The van der Waals surface area contributed by atoms with E-state index < -0.39 is 0 Å². The van der Waals surface area contributed by atoms with Crippen LogP contribution in [0, 0.1) is 0 Å². The van der Waals surface area contributed by atoms with Gasteiger partial charge in [0.15, 0.2) is 11.5 Å². The van der Waals surface area contributed by atoms with E-state index in [0.29, 0.717) is 24.0 Å². The fourth-order valence-corrected chi connectivity index (χ4v) is 3.03. The topological polar surface area (TPSA) is 64.2 Å². The average Bonchev–Trinajstić information content (AvgIpc) is 3.23. The van der Waals surface area contributed by atoms with Gasteiger partial charge in [0.25, 0.3) is 5.91 Å². The number of fused-ring (bicyclic) bond motifs is 2. The number of amides is 1. The highest BCUT2D eigenvalue weighted by Crippen LogP contribution is 2.21. The van der Waals surface area contributed by atoms with Crippen molar-refractivity contribution < 1.29 is 4.79 Å². The van der Waals surface area contributed by atoms with Gasteiger partial charge in [-0.3, -0.25) is 9.20 Å². The number of nitrogens with one attached hydrogen (secondary N) is 1. The van der Waals surface area contributed by atoms with Gasteiger partial charge < -0.3 is 9.88 Å². The number of pyridine rings is 1. The Labute approximate surface area is 145 Å². The minimum atomic E-state index is -0.119. The van der Waals surface area contributed by atoms with Crippen molar-refractivity contribution in [3.63, 3.8) is 0 Å². The summed E-state index contributed by atoms with van der Waals surface area (Å²) in [7, 11) is 0. The Balaban J connectivity index is 1.54. The molecule has 4 aromatic rings. The highest BCUT2D eigenvalue weighted by molar-refractivity contribution is 5.98. The number of hydrogen-bond acceptors (Lipinski definition) is 3. The predicted octanol–water partition coefficient (Wildman–Crippen LogP) is 3.19. The molecule has 1 amide bonds. The first-order chi connectivity index (χ1) is 12.1. The van der Waals surface area contributed by atoms with Gasteiger partial charge in [0.05, 0.1) is 6.54 Å². The zero-order chi connectivity index (χ0) is 17.4. The number of rotatable bonds is 4. The summed E-state index contributed by atoms with van der Waals surface area (Å²) in [6.45, 7) is 4.61. The quantitative estimate of drug-likeness (QED) is 0.624. The van der Waals surface area contributed by atoms with Gasteiger partial charge in [0.1, 0.15) is 0 Å². The van der Waals surface area contributed by atoms with E-state index in [1.807, 2.05) is 53.1 Å². The summed E-state index contributed by atoms with van der Waals surface area (Å²) < 4.78 is 4.06. The number of benzene rings is 1. The molecule has 3 aromatic heterocycles. The molecular weight excluding hydrogens is 314 g/mol. The van der Waals surface area contributed by atoms with Crippen molar-refractivity contribution >= 4 is 22.5 Å². The van der Waals surface area contributed by atoms with Crippen molar-refractivity contribution in [1.82, 2.24) is 24.5 Å². The molecule has 0 aliphatic heterocycles. The van der Waals surface area contributed by atoms with E-state index >= 15 is 0 Å². The number of nitrogens with zero attached hydrogens (tertiary/aromatic N) is 4. The summed E-state index contributed by atoms with van der Waals surface area (Å²) in [5.41, 5.74) is 2.54. The SMILES string of the molecule is CC(C)n1ccc2cc(C(=O)NCc3nnc4ccccn34)ccc21. The van der Waals surface area contributed by atoms with Crippen molar-refractivity contribution in [1.29, 1.82) is 0 Å². The average molecular weight is 333 g/mol. The number of aromatic nitrogens is 4. The summed E-state index contributed by atoms with van der Waals surface area (Å²) in [6, 6.07) is 13.9. The van der Waals surface area contributed by atoms with Gasteiger partial charge in [-0.05, 0) is 50.2 Å². The Hall–Kier alpha value is -3.15. The lowest BCUT2D eigenvalue weighted by atomic mass is 10.1. The second kappa shape index (κ2) is 6.05. The molecule has 4 rings (SSSR count). The largest absolute Gasteiger partial charge is 0.345 e. The molecule has 0 spiro atoms. The van der Waals surface area contributed by atoms with Crippen LogP contribution in [0.3, 0.4) is 0 Å². The van der Waals surface area contributed by atoms with Crippen LogP contribution in [-0.4, -0.2) is 25.1 Å². The smallest absolute Gasteiger partial charge is 0.251 e. The van der Waals surface area contributed by atoms with E-state index in [1.54, 1.807) is 0 Å². The Morgan fingerprint density at radius 3 is 2.84 bits per heavy atom. The second-order valence-corrected chi connectivity index (χ2v) is 6.32. The van der Waals surface area contributed by atoms with Crippen LogP contribution in [0.15, 0.2) is 54.9 Å². The Kier molecular flexibility index (Phi) is 3.72. The third kappa shape index (κ3) is 2.76. The zero-order valence-electron chi connectivity index (χ0n) is 14.2. The van der Waals surface area contributed by atoms with E-state index in [-0.39, 0.29) is 5.91 Å². The third-order valence-electron chi connectivity index (χ3n) is 4.33. The fourth-order valence-electron chi connectivity index (χ4n) is 3.03. The molecule has 6 nitrogen and oxygen atoms in total. The molecule has 0 atom stereocenters. The molecule has 1 N–H and O–H groups in total. The molecule has 0 saturated carbocycles. The van der Waals surface area contributed by atoms with Crippen molar-refractivity contribution in [2.75, 3.05) is 0 Å². The maximum atomic E-state index is 12.5. The molecular formula is C19H19N5O. The van der Waals surface area contributed by atoms with Gasteiger partial charge in [-0.2, -0.15) is 0 Å². The maximum absolute atomic E-state index is 12.5. The zero-order valence-corrected chi connectivity index (χ0v) is 14.2. The highest BCUT2D eigenvalue weighted by Gasteiger charge is 2.11. The number of hydrogen-bond donors (Lipinski definition) is 1. The molecule has 126 valence electrons. The molecule has 0 saturated heterocycles. The molecule has 3 heterocycles. The first kappa shape index (κ1) is 15.4. The van der Waals surface area contributed by atoms with Crippen LogP contribution in [0.4, 0.5) is 0 Å². The van der Waals surface area contributed by atoms with Crippen molar-refractivity contribution in [2.45, 2.75) is 26.4 Å². The summed E-state index contributed by atoms with van der Waals surface area (Å²) in [4.78, 5) is 12.5. The van der Waals surface area contributed by atoms with Crippen LogP contribution < -0.4 is 5.32 Å². The lowest BCUT2D eigenvalue weighted by Crippen LogP contribution is -2.24. The standard InChI is InChI=1S/C19H19N5O/c1-13(2)23-10-8-14-11-15(6-7-16(14)23)19(25)20-12-18-22-21-17-5-3-4-9-24(17)18/h3-11,13H,12H2,1-2H3,(H,20,25). The Bertz CT molecular complexity index is 1060. The Morgan fingerprint density at radius 1 is 1.12 bits per heavy atom. The Morgan fingerprint density at radius 2 is 2.00 bits per heavy atom. The first-order valence-electron chi connectivity index (χ1n) is 8.31. The van der Waals surface area contributed by atoms with E-state index in [9.17, 15) is 4.79 Å². The maximum Gasteiger partial charge on any atom is 0.251 e. The molecule has 0 fully saturated rings. The molecule has 25 heavy (non-hydrogen) atoms. The highest BCUT2D eigenvalue weighted by atomic mass is 16.1. The third-order valence-corrected chi connectivity index (χ3v) is 4.33. The normalized spacial score (nSPS) is 11.5. The van der Waals surface area contributed by atoms with Gasteiger partial charge in [0, 0.05) is 34.9 Å². The van der Waals surface area contributed by atoms with Gasteiger partial charge >= 0.3 is 0 Å². The molecule has 6 heteroatoms. The molecule has 1 aromatic carbocycles. The minimum Gasteiger partial charge on any atom is -0.345 e. The first-order valence-corrected chi connectivity index (χ1v) is 8.31. The van der Waals surface area contributed by atoms with Crippen molar-refractivity contribution in [2.24, 2.45) is 0 Å². The lowest BCUT2D eigenvalue weighted by molar-refractivity contribution is 0.0950. The van der Waals surface area contributed by atoms with Crippen LogP contribution in [0.2, 0.25) is 0 Å². The summed E-state index contributed by atoms with van der Waals surface area (Å²) >= 11 is 0. The monoisotopic (exact) mass is 333 g/mol. The van der Waals surface area contributed by atoms with Crippen LogP contribution in [0.5, 0.6) is 0 Å². The number of carbonyl (C=O) groups excluding carboxylic acids is 1. The van der Waals surface area contributed by atoms with E-state index in [0.717, 1.165) is 16.6 Å². The van der Waals surface area contributed by atoms with Crippen molar-refractivity contribution in [3.05, 3.63) is 66.2 Å². The summed E-state index contributed by atoms with van der Waals surface area (Å²) in [5.74, 6) is 0.586. The summed E-state index contributed by atoms with van der Waals surface area (Å²) in [5, 5.41) is 12.2. The van der Waals surface area contributed by atoms with E-state index in [1.165, 1.54) is 0 Å². The predicted molar refractivity (Wildman–Crippen MR) is 96.5 cm³/mol. The van der Waals surface area contributed by atoms with Gasteiger partial charge in [-0.15, -0.1) is 10.2 Å². The van der Waals surface area contributed by atoms with Crippen LogP contribution in [0.25, 0.3) is 16.6 Å². The van der Waals surface area contributed by atoms with E-state index in [4.69, 9.17) is 0 Å². The van der Waals surface area contributed by atoms with Gasteiger partial charge in [-0.1, -0.05) is 6.07 Å². The van der Waals surface area contributed by atoms with Crippen molar-refractivity contribution in [3.8, 4) is 0 Å². The lowest BCUT2D eigenvalue weighted by Gasteiger charge is -2.09. The van der Waals surface area contributed by atoms with E-state index in [2.05, 4.69) is 40.1 Å². The van der Waals surface area contributed by atoms with Crippen LogP contribution >= 0.6 is 0 Å². The fraction of sp³-hybridized carbons (Fsp3) is 0.211. The van der Waals surface area contributed by atoms with Crippen LogP contribution in [0.1, 0.15) is 36.1 Å². The molecule has 0 unspecified atom stereocenters. The second-order valence-electron chi connectivity index (χ2n) is 6.32. The number of carbonyl (C=O) groups is 1. The summed E-state index contributed by atoms with van der Waals surface area (Å²) in [6.07, 6.45) is 3.94. The van der Waals surface area contributed by atoms with Crippen LogP contribution in [-0.2, 0) is 6.54 Å². The molecule has 0 aliphatic carbocycles. The van der Waals surface area contributed by atoms with Gasteiger partial charge in [0.2, 0.25) is 0 Å².